The second kappa shape index (κ2) is 4.63. The Hall–Kier alpha value is -1.28. The highest BCUT2D eigenvalue weighted by Gasteiger charge is 2.53. The minimum atomic E-state index is -4.51. The predicted octanol–water partition coefficient (Wildman–Crippen LogP) is 1.09. The van der Waals surface area contributed by atoms with Gasteiger partial charge in [0.2, 0.25) is 0 Å². The average Bonchev–Trinajstić information content (AvgIpc) is 2.80. The zero-order chi connectivity index (χ0) is 14.5. The fourth-order valence-corrected chi connectivity index (χ4v) is 2.86. The van der Waals surface area contributed by atoms with E-state index >= 15 is 0 Å². The van der Waals surface area contributed by atoms with Gasteiger partial charge in [0.05, 0.1) is 11.9 Å². The number of rotatable bonds is 3. The summed E-state index contributed by atoms with van der Waals surface area (Å²) in [6.07, 6.45) is -3.33. The third-order valence-corrected chi connectivity index (χ3v) is 4.09. The molecule has 20 heavy (non-hydrogen) atoms. The molecule has 2 unspecified atom stereocenters. The molecule has 1 saturated heterocycles. The topological polar surface area (TPSA) is 59.0 Å². The van der Waals surface area contributed by atoms with E-state index in [1.807, 2.05) is 0 Å². The lowest BCUT2D eigenvalue weighted by Crippen LogP contribution is -2.31. The smallest absolute Gasteiger partial charge is 0.379 e. The Labute approximate surface area is 117 Å². The normalized spacial score (nSPS) is 28.3. The summed E-state index contributed by atoms with van der Waals surface area (Å²) in [4.78, 5) is 11.7. The lowest BCUT2D eigenvalue weighted by molar-refractivity contribution is -0.143. The molecular weight excluding hydrogens is 297 g/mol. The largest absolute Gasteiger partial charge is 0.408 e. The molecule has 2 aliphatic rings. The van der Waals surface area contributed by atoms with E-state index in [2.05, 4.69) is 15.7 Å². The molecule has 5 nitrogen and oxygen atoms in total. The van der Waals surface area contributed by atoms with Crippen molar-refractivity contribution in [2.75, 3.05) is 18.4 Å². The monoisotopic (exact) mass is 308 g/mol. The molecule has 0 spiro atoms. The lowest BCUT2D eigenvalue weighted by atomic mass is 10.4. The third-order valence-electron chi connectivity index (χ3n) is 3.73. The molecule has 1 aromatic rings. The Bertz CT molecular complexity index is 578. The van der Waals surface area contributed by atoms with Crippen molar-refractivity contribution in [3.05, 3.63) is 21.6 Å². The predicted molar refractivity (Wildman–Crippen MR) is 66.8 cm³/mol. The SMILES string of the molecule is O=c1c(Cl)c(NC2C3CNCC32)cnn1CC(F)(F)F. The summed E-state index contributed by atoms with van der Waals surface area (Å²) >= 11 is 5.84. The van der Waals surface area contributed by atoms with E-state index in [1.54, 1.807) is 0 Å². The Morgan fingerprint density at radius 1 is 1.45 bits per heavy atom. The van der Waals surface area contributed by atoms with Gasteiger partial charge < -0.3 is 10.6 Å². The molecule has 1 aliphatic carbocycles. The number of fused-ring (bicyclic) bond motifs is 1. The quantitative estimate of drug-likeness (QED) is 0.877. The maximum atomic E-state index is 12.3. The fraction of sp³-hybridized carbons (Fsp3) is 0.636. The molecule has 3 rings (SSSR count). The zero-order valence-electron chi connectivity index (χ0n) is 10.2. The molecule has 110 valence electrons. The second-order valence-corrected chi connectivity index (χ2v) is 5.48. The highest BCUT2D eigenvalue weighted by Crippen LogP contribution is 2.44. The molecular formula is C11H12ClF3N4O. The van der Waals surface area contributed by atoms with Gasteiger partial charge >= 0.3 is 6.18 Å². The van der Waals surface area contributed by atoms with Crippen LogP contribution < -0.4 is 16.2 Å². The molecule has 9 heteroatoms. The van der Waals surface area contributed by atoms with E-state index in [0.29, 0.717) is 22.2 Å². The first-order chi connectivity index (χ1) is 9.37. The van der Waals surface area contributed by atoms with Gasteiger partial charge in [-0.15, -0.1) is 0 Å². The molecule has 2 fully saturated rings. The van der Waals surface area contributed by atoms with Crippen molar-refractivity contribution in [2.24, 2.45) is 11.8 Å². The first kappa shape index (κ1) is 13.7. The van der Waals surface area contributed by atoms with Crippen LogP contribution in [0.3, 0.4) is 0 Å². The van der Waals surface area contributed by atoms with Gasteiger partial charge in [0.1, 0.15) is 11.6 Å². The van der Waals surface area contributed by atoms with E-state index in [1.165, 1.54) is 6.20 Å². The molecule has 1 aromatic heterocycles. The summed E-state index contributed by atoms with van der Waals surface area (Å²) in [5.74, 6) is 0.979. The summed E-state index contributed by atoms with van der Waals surface area (Å²) in [7, 11) is 0. The van der Waals surface area contributed by atoms with Crippen molar-refractivity contribution in [1.82, 2.24) is 15.1 Å². The molecule has 2 heterocycles. The lowest BCUT2D eigenvalue weighted by Gasteiger charge is -2.12. The minimum absolute atomic E-state index is 0.216. The maximum absolute atomic E-state index is 12.3. The first-order valence-corrected chi connectivity index (χ1v) is 6.54. The molecule has 0 bridgehead atoms. The highest BCUT2D eigenvalue weighted by molar-refractivity contribution is 6.32. The zero-order valence-corrected chi connectivity index (χ0v) is 11.0. The van der Waals surface area contributed by atoms with Crippen molar-refractivity contribution >= 4 is 17.3 Å². The Morgan fingerprint density at radius 3 is 2.70 bits per heavy atom. The number of hydrogen-bond donors (Lipinski definition) is 2. The van der Waals surface area contributed by atoms with E-state index in [9.17, 15) is 18.0 Å². The van der Waals surface area contributed by atoms with Crippen molar-refractivity contribution in [3.8, 4) is 0 Å². The summed E-state index contributed by atoms with van der Waals surface area (Å²) in [5, 5.41) is 9.58. The molecule has 2 atom stereocenters. The molecule has 0 amide bonds. The fourth-order valence-electron chi connectivity index (χ4n) is 2.66. The van der Waals surface area contributed by atoms with Crippen molar-refractivity contribution in [3.63, 3.8) is 0 Å². The van der Waals surface area contributed by atoms with Crippen LogP contribution in [-0.2, 0) is 6.54 Å². The van der Waals surface area contributed by atoms with Crippen LogP contribution >= 0.6 is 11.6 Å². The van der Waals surface area contributed by atoms with E-state index < -0.39 is 18.3 Å². The van der Waals surface area contributed by atoms with Gasteiger partial charge in [-0.2, -0.15) is 18.3 Å². The third kappa shape index (κ3) is 2.49. The number of nitrogens with one attached hydrogen (secondary N) is 2. The molecule has 0 radical (unpaired) electrons. The van der Waals surface area contributed by atoms with Crippen LogP contribution in [0.2, 0.25) is 5.02 Å². The number of aromatic nitrogens is 2. The van der Waals surface area contributed by atoms with Gasteiger partial charge in [-0.1, -0.05) is 11.6 Å². The van der Waals surface area contributed by atoms with Crippen molar-refractivity contribution in [2.45, 2.75) is 18.8 Å². The summed E-state index contributed by atoms with van der Waals surface area (Å²) in [6, 6.07) is 0.216. The maximum Gasteiger partial charge on any atom is 0.408 e. The second-order valence-electron chi connectivity index (χ2n) is 5.11. The van der Waals surface area contributed by atoms with Gasteiger partial charge in [0.25, 0.3) is 5.56 Å². The molecule has 1 aliphatic heterocycles. The van der Waals surface area contributed by atoms with Crippen LogP contribution in [0.25, 0.3) is 0 Å². The Morgan fingerprint density at radius 2 is 2.10 bits per heavy atom. The molecule has 1 saturated carbocycles. The van der Waals surface area contributed by atoms with Crippen LogP contribution in [0, 0.1) is 11.8 Å². The Balaban J connectivity index is 1.77. The van der Waals surface area contributed by atoms with Crippen LogP contribution in [0.4, 0.5) is 18.9 Å². The first-order valence-electron chi connectivity index (χ1n) is 6.16. The van der Waals surface area contributed by atoms with Gasteiger partial charge in [0.15, 0.2) is 0 Å². The van der Waals surface area contributed by atoms with Gasteiger partial charge in [0, 0.05) is 19.1 Å². The number of nitrogens with zero attached hydrogens (tertiary/aromatic N) is 2. The van der Waals surface area contributed by atoms with Crippen LogP contribution in [-0.4, -0.2) is 35.1 Å². The molecule has 2 N–H and O–H groups in total. The van der Waals surface area contributed by atoms with Crippen molar-refractivity contribution in [1.29, 1.82) is 0 Å². The van der Waals surface area contributed by atoms with Crippen LogP contribution in [0.5, 0.6) is 0 Å². The number of alkyl halides is 3. The van der Waals surface area contributed by atoms with Gasteiger partial charge in [-0.05, 0) is 11.8 Å². The van der Waals surface area contributed by atoms with E-state index in [0.717, 1.165) is 13.1 Å². The van der Waals surface area contributed by atoms with Crippen LogP contribution in [0.15, 0.2) is 11.0 Å². The molecule has 0 aromatic carbocycles. The van der Waals surface area contributed by atoms with Crippen LogP contribution in [0.1, 0.15) is 0 Å². The number of hydrogen-bond acceptors (Lipinski definition) is 4. The average molecular weight is 309 g/mol. The minimum Gasteiger partial charge on any atom is -0.379 e. The van der Waals surface area contributed by atoms with Gasteiger partial charge in [-0.3, -0.25) is 4.79 Å². The highest BCUT2D eigenvalue weighted by atomic mass is 35.5. The van der Waals surface area contributed by atoms with E-state index in [-0.39, 0.29) is 11.1 Å². The number of anilines is 1. The summed E-state index contributed by atoms with van der Waals surface area (Å²) in [5.41, 5.74) is -0.632. The van der Waals surface area contributed by atoms with E-state index in [4.69, 9.17) is 11.6 Å². The summed E-state index contributed by atoms with van der Waals surface area (Å²) in [6.45, 7) is 0.363. The summed E-state index contributed by atoms with van der Waals surface area (Å²) < 4.78 is 37.1. The Kier molecular flexibility index (Phi) is 3.17. The number of piperidine rings is 1. The number of halogens is 4. The van der Waals surface area contributed by atoms with Crippen molar-refractivity contribution < 1.29 is 13.2 Å². The van der Waals surface area contributed by atoms with Gasteiger partial charge in [-0.25, -0.2) is 4.68 Å². The standard InChI is InChI=1S/C11H12ClF3N4O/c12-8-7(18-9-5-1-16-2-6(5)9)3-17-19(10(8)20)4-11(13,14)15/h3,5-6,9,16,18H,1-2,4H2.